The van der Waals surface area contributed by atoms with Gasteiger partial charge in [0.25, 0.3) is 0 Å². The van der Waals surface area contributed by atoms with E-state index in [0.29, 0.717) is 24.7 Å². The first-order chi connectivity index (χ1) is 18.9. The highest BCUT2D eigenvalue weighted by Crippen LogP contribution is 2.37. The molecule has 41 heavy (non-hydrogen) atoms. The number of ether oxygens (including phenoxy) is 2. The summed E-state index contributed by atoms with van der Waals surface area (Å²) in [7, 11) is -3.25. The molecular formula is C28H40ClF3N4O3Si2. The molecule has 226 valence electrons. The minimum absolute atomic E-state index is 0.0251. The SMILES string of the molecule is CC(C)(C)[Si](C)(C)OCc1cc(-c2ncc(OCc3c(Cl)cccc3C(F)(F)F)cn2)n(COCC[Si](C)(C)C)n1. The fourth-order valence-electron chi connectivity index (χ4n) is 3.47. The molecule has 2 aromatic heterocycles. The molecule has 0 aliphatic carbocycles. The maximum atomic E-state index is 13.4. The van der Waals surface area contributed by atoms with E-state index in [9.17, 15) is 13.2 Å². The number of halogens is 4. The van der Waals surface area contributed by atoms with Gasteiger partial charge >= 0.3 is 6.18 Å². The maximum Gasteiger partial charge on any atom is 0.416 e. The van der Waals surface area contributed by atoms with Gasteiger partial charge in [0.15, 0.2) is 19.9 Å². The van der Waals surface area contributed by atoms with Crippen LogP contribution in [0.4, 0.5) is 13.2 Å². The Balaban J connectivity index is 1.79. The van der Waals surface area contributed by atoms with Crippen LogP contribution in [0.15, 0.2) is 36.7 Å². The van der Waals surface area contributed by atoms with E-state index in [1.807, 2.05) is 6.07 Å². The van der Waals surface area contributed by atoms with Crippen LogP contribution in [0.25, 0.3) is 11.5 Å². The standard InChI is InChI=1S/C28H40ClF3N4O3Si2/c1-27(2,3)41(7,8)39-17-20-14-25(36(35-20)19-37-12-13-40(4,5)6)26-33-15-21(16-34-26)38-18-22-23(28(30,31)32)10-9-11-24(22)29/h9-11,14-16H,12-13,17-19H2,1-8H3. The van der Waals surface area contributed by atoms with E-state index in [2.05, 4.69) is 63.5 Å². The molecule has 0 aliphatic rings. The van der Waals surface area contributed by atoms with Crippen LogP contribution in [0, 0.1) is 0 Å². The number of hydrogen-bond acceptors (Lipinski definition) is 6. The Hall–Kier alpha value is -2.26. The van der Waals surface area contributed by atoms with E-state index in [1.165, 1.54) is 24.5 Å². The minimum atomic E-state index is -4.55. The minimum Gasteiger partial charge on any atom is -0.486 e. The van der Waals surface area contributed by atoms with Crippen molar-refractivity contribution in [1.82, 2.24) is 19.7 Å². The molecule has 3 rings (SSSR count). The van der Waals surface area contributed by atoms with E-state index >= 15 is 0 Å². The molecule has 7 nitrogen and oxygen atoms in total. The van der Waals surface area contributed by atoms with Gasteiger partial charge < -0.3 is 13.9 Å². The van der Waals surface area contributed by atoms with Crippen molar-refractivity contribution in [2.45, 2.75) is 90.7 Å². The Morgan fingerprint density at radius 3 is 2.22 bits per heavy atom. The summed E-state index contributed by atoms with van der Waals surface area (Å²) < 4.78 is 59.9. The van der Waals surface area contributed by atoms with Crippen LogP contribution in [-0.2, 0) is 35.3 Å². The lowest BCUT2D eigenvalue weighted by atomic mass is 10.1. The van der Waals surface area contributed by atoms with Gasteiger partial charge in [0, 0.05) is 25.3 Å². The van der Waals surface area contributed by atoms with Gasteiger partial charge in [0.2, 0.25) is 0 Å². The van der Waals surface area contributed by atoms with Crippen molar-refractivity contribution in [3.8, 4) is 17.3 Å². The molecule has 0 radical (unpaired) electrons. The smallest absolute Gasteiger partial charge is 0.416 e. The third-order valence-corrected chi connectivity index (χ3v) is 13.6. The normalized spacial score (nSPS) is 13.1. The van der Waals surface area contributed by atoms with E-state index in [4.69, 9.17) is 30.6 Å². The number of hydrogen-bond donors (Lipinski definition) is 0. The van der Waals surface area contributed by atoms with Crippen LogP contribution in [0.1, 0.15) is 37.6 Å². The third kappa shape index (κ3) is 9.37. The van der Waals surface area contributed by atoms with Gasteiger partial charge in [-0.3, -0.25) is 0 Å². The summed E-state index contributed by atoms with van der Waals surface area (Å²) in [5.74, 6) is 0.590. The molecule has 0 bridgehead atoms. The van der Waals surface area contributed by atoms with Crippen LogP contribution >= 0.6 is 11.6 Å². The van der Waals surface area contributed by atoms with Crippen molar-refractivity contribution in [3.63, 3.8) is 0 Å². The summed E-state index contributed by atoms with van der Waals surface area (Å²) in [4.78, 5) is 8.82. The Labute approximate surface area is 247 Å². The van der Waals surface area contributed by atoms with Crippen LogP contribution in [-0.4, -0.2) is 42.7 Å². The number of benzene rings is 1. The van der Waals surface area contributed by atoms with E-state index < -0.39 is 28.1 Å². The molecular weight excluding hydrogens is 589 g/mol. The van der Waals surface area contributed by atoms with Gasteiger partial charge in [0.1, 0.15) is 19.0 Å². The van der Waals surface area contributed by atoms with E-state index in [0.717, 1.165) is 17.8 Å². The first-order valence-corrected chi connectivity index (χ1v) is 20.4. The highest BCUT2D eigenvalue weighted by Gasteiger charge is 2.37. The van der Waals surface area contributed by atoms with Gasteiger partial charge in [-0.25, -0.2) is 14.6 Å². The predicted octanol–water partition coefficient (Wildman–Crippen LogP) is 8.43. The first kappa shape index (κ1) is 33.2. The quantitative estimate of drug-likeness (QED) is 0.148. The molecule has 0 saturated heterocycles. The van der Waals surface area contributed by atoms with E-state index in [1.54, 1.807) is 4.68 Å². The molecule has 0 N–H and O–H groups in total. The Morgan fingerprint density at radius 2 is 1.63 bits per heavy atom. The Bertz CT molecular complexity index is 1300. The number of nitrogens with zero attached hydrogens (tertiary/aromatic N) is 4. The summed E-state index contributed by atoms with van der Waals surface area (Å²) in [5.41, 5.74) is 0.392. The van der Waals surface area contributed by atoms with Gasteiger partial charge in [-0.15, -0.1) is 0 Å². The summed E-state index contributed by atoms with van der Waals surface area (Å²) >= 11 is 6.04. The van der Waals surface area contributed by atoms with Crippen LogP contribution in [0.3, 0.4) is 0 Å². The molecule has 2 heterocycles. The van der Waals surface area contributed by atoms with E-state index in [-0.39, 0.29) is 34.7 Å². The van der Waals surface area contributed by atoms with Crippen molar-refractivity contribution < 1.29 is 27.1 Å². The van der Waals surface area contributed by atoms with Crippen LogP contribution in [0.5, 0.6) is 5.75 Å². The lowest BCUT2D eigenvalue weighted by molar-refractivity contribution is -0.138. The first-order valence-electron chi connectivity index (χ1n) is 13.5. The van der Waals surface area contributed by atoms with Gasteiger partial charge in [0.05, 0.1) is 30.3 Å². The zero-order valence-electron chi connectivity index (χ0n) is 25.0. The highest BCUT2D eigenvalue weighted by atomic mass is 35.5. The summed E-state index contributed by atoms with van der Waals surface area (Å²) in [6.07, 6.45) is -1.71. The zero-order chi connectivity index (χ0) is 30.6. The number of aromatic nitrogens is 4. The molecule has 0 unspecified atom stereocenters. The molecule has 3 aromatic rings. The molecule has 1 aromatic carbocycles. The largest absolute Gasteiger partial charge is 0.486 e. The highest BCUT2D eigenvalue weighted by molar-refractivity contribution is 6.76. The molecule has 0 amide bonds. The molecule has 13 heteroatoms. The van der Waals surface area contributed by atoms with Gasteiger partial charge in [-0.2, -0.15) is 18.3 Å². The van der Waals surface area contributed by atoms with Crippen molar-refractivity contribution in [2.24, 2.45) is 0 Å². The summed E-state index contributed by atoms with van der Waals surface area (Å²) in [6, 6.07) is 6.53. The topological polar surface area (TPSA) is 71.3 Å². The van der Waals surface area contributed by atoms with Gasteiger partial charge in [-0.1, -0.05) is 58.1 Å². The lowest BCUT2D eigenvalue weighted by Gasteiger charge is -2.35. The van der Waals surface area contributed by atoms with Crippen molar-refractivity contribution >= 4 is 28.0 Å². The second kappa shape index (κ2) is 12.9. The number of alkyl halides is 3. The van der Waals surface area contributed by atoms with Crippen LogP contribution < -0.4 is 4.74 Å². The monoisotopic (exact) mass is 628 g/mol. The molecule has 0 aliphatic heterocycles. The van der Waals surface area contributed by atoms with Gasteiger partial charge in [-0.05, 0) is 42.4 Å². The Kier molecular flexibility index (Phi) is 10.5. The number of rotatable bonds is 12. The average molecular weight is 629 g/mol. The zero-order valence-corrected chi connectivity index (χ0v) is 27.8. The molecule has 0 atom stereocenters. The fraction of sp³-hybridized carbons (Fsp3) is 0.536. The molecule has 0 saturated carbocycles. The van der Waals surface area contributed by atoms with Crippen LogP contribution in [0.2, 0.25) is 48.8 Å². The Morgan fingerprint density at radius 1 is 0.976 bits per heavy atom. The lowest BCUT2D eigenvalue weighted by Crippen LogP contribution is -2.40. The summed E-state index contributed by atoms with van der Waals surface area (Å²) in [5, 5.41) is 4.75. The van der Waals surface area contributed by atoms with Crippen molar-refractivity contribution in [2.75, 3.05) is 6.61 Å². The predicted molar refractivity (Wildman–Crippen MR) is 160 cm³/mol. The second-order valence-electron chi connectivity index (χ2n) is 12.7. The fourth-order valence-corrected chi connectivity index (χ4v) is 5.40. The second-order valence-corrected chi connectivity index (χ2v) is 23.6. The van der Waals surface area contributed by atoms with Crippen molar-refractivity contribution in [3.05, 3.63) is 58.5 Å². The third-order valence-electron chi connectivity index (χ3n) is 7.09. The van der Waals surface area contributed by atoms with Crippen molar-refractivity contribution in [1.29, 1.82) is 0 Å². The molecule has 0 fully saturated rings. The summed E-state index contributed by atoms with van der Waals surface area (Å²) in [6.45, 7) is 18.6. The molecule has 0 spiro atoms. The average Bonchev–Trinajstić information content (AvgIpc) is 3.26. The maximum absolute atomic E-state index is 13.4.